The fourth-order valence-electron chi connectivity index (χ4n) is 3.19. The molecular weight excluding hydrogens is 400 g/mol. The SMILES string of the molecule is CCCCN1C(=O)/C(=C2\Sc3ccccc3N2C)SC1=Nc1cccc(C#N)c1. The van der Waals surface area contributed by atoms with Crippen LogP contribution >= 0.6 is 23.5 Å². The number of hydrogen-bond donors (Lipinski definition) is 0. The molecule has 0 saturated carbocycles. The lowest BCUT2D eigenvalue weighted by molar-refractivity contribution is -0.122. The Bertz CT molecular complexity index is 1070. The first-order chi connectivity index (χ1) is 14.1. The molecule has 0 bridgehead atoms. The van der Waals surface area contributed by atoms with Gasteiger partial charge in [0.1, 0.15) is 4.91 Å². The normalized spacial score (nSPS) is 19.8. The molecule has 0 aliphatic carbocycles. The van der Waals surface area contributed by atoms with Crippen molar-refractivity contribution in [2.24, 2.45) is 4.99 Å². The van der Waals surface area contributed by atoms with Gasteiger partial charge in [0.2, 0.25) is 0 Å². The van der Waals surface area contributed by atoms with Gasteiger partial charge in [0.25, 0.3) is 5.91 Å². The molecule has 5 nitrogen and oxygen atoms in total. The minimum atomic E-state index is 0.000735. The molecule has 1 saturated heterocycles. The summed E-state index contributed by atoms with van der Waals surface area (Å²) in [6.45, 7) is 2.74. The zero-order chi connectivity index (χ0) is 20.4. The molecule has 0 atom stereocenters. The maximum Gasteiger partial charge on any atom is 0.269 e. The maximum atomic E-state index is 13.3. The number of thioether (sulfide) groups is 2. The molecule has 7 heteroatoms. The molecule has 1 amide bonds. The molecular formula is C22H20N4OS2. The average molecular weight is 421 g/mol. The number of rotatable bonds is 4. The maximum absolute atomic E-state index is 13.3. The van der Waals surface area contributed by atoms with Crippen LogP contribution in [0.3, 0.4) is 0 Å². The summed E-state index contributed by atoms with van der Waals surface area (Å²) in [4.78, 5) is 23.7. The second-order valence-electron chi connectivity index (χ2n) is 6.73. The van der Waals surface area contributed by atoms with Crippen LogP contribution in [-0.2, 0) is 4.79 Å². The second-order valence-corrected chi connectivity index (χ2v) is 8.74. The molecule has 4 rings (SSSR count). The monoisotopic (exact) mass is 420 g/mol. The van der Waals surface area contributed by atoms with Gasteiger partial charge in [-0.05, 0) is 48.5 Å². The molecule has 0 radical (unpaired) electrons. The summed E-state index contributed by atoms with van der Waals surface area (Å²) in [5, 5.41) is 10.8. The van der Waals surface area contributed by atoms with Gasteiger partial charge in [-0.2, -0.15) is 5.26 Å². The van der Waals surface area contributed by atoms with E-state index in [0.717, 1.165) is 28.5 Å². The standard InChI is InChI=1S/C22H20N4OS2/c1-3-4-12-26-20(27)19(21-25(2)17-10-5-6-11-18(17)28-21)29-22(26)24-16-9-7-8-15(13-16)14-23/h5-11,13H,3-4,12H2,1-2H3/b21-19+,24-22?. The first kappa shape index (κ1) is 19.6. The average Bonchev–Trinajstić information content (AvgIpc) is 3.23. The molecule has 2 aromatic carbocycles. The van der Waals surface area contributed by atoms with Crippen LogP contribution in [0.5, 0.6) is 0 Å². The zero-order valence-corrected chi connectivity index (χ0v) is 17.9. The van der Waals surface area contributed by atoms with Crippen molar-refractivity contribution in [2.75, 3.05) is 18.5 Å². The molecule has 0 aromatic heterocycles. The topological polar surface area (TPSA) is 59.7 Å². The molecule has 0 N–H and O–H groups in total. The van der Waals surface area contributed by atoms with E-state index in [1.165, 1.54) is 11.8 Å². The van der Waals surface area contributed by atoms with Gasteiger partial charge in [0.15, 0.2) is 5.17 Å². The Morgan fingerprint density at radius 1 is 1.14 bits per heavy atom. The fraction of sp³-hybridized carbons (Fsp3) is 0.227. The fourth-order valence-corrected chi connectivity index (χ4v) is 5.56. The highest BCUT2D eigenvalue weighted by atomic mass is 32.2. The van der Waals surface area contributed by atoms with Crippen molar-refractivity contribution in [3.8, 4) is 6.07 Å². The van der Waals surface area contributed by atoms with E-state index in [1.807, 2.05) is 31.3 Å². The number of amides is 1. The quantitative estimate of drug-likeness (QED) is 0.626. The van der Waals surface area contributed by atoms with Crippen molar-refractivity contribution >= 4 is 46.0 Å². The van der Waals surface area contributed by atoms with Gasteiger partial charge >= 0.3 is 0 Å². The summed E-state index contributed by atoms with van der Waals surface area (Å²) >= 11 is 3.04. The third kappa shape index (κ3) is 3.78. The van der Waals surface area contributed by atoms with Gasteiger partial charge in [0.05, 0.1) is 28.0 Å². The summed E-state index contributed by atoms with van der Waals surface area (Å²) in [5.41, 5.74) is 2.35. The number of hydrogen-bond acceptors (Lipinski definition) is 6. The number of anilines is 1. The second kappa shape index (κ2) is 8.36. The van der Waals surface area contributed by atoms with E-state index >= 15 is 0 Å². The van der Waals surface area contributed by atoms with Gasteiger partial charge in [-0.3, -0.25) is 9.69 Å². The Kier molecular flexibility index (Phi) is 5.65. The minimum absolute atomic E-state index is 0.000735. The van der Waals surface area contributed by atoms with E-state index in [2.05, 4.69) is 30.0 Å². The van der Waals surface area contributed by atoms with E-state index in [1.54, 1.807) is 28.8 Å². The molecule has 0 unspecified atom stereocenters. The smallest absolute Gasteiger partial charge is 0.269 e. The van der Waals surface area contributed by atoms with E-state index in [4.69, 9.17) is 10.3 Å². The van der Waals surface area contributed by atoms with Crippen molar-refractivity contribution in [3.63, 3.8) is 0 Å². The molecule has 2 aliphatic heterocycles. The van der Waals surface area contributed by atoms with Gasteiger partial charge < -0.3 is 4.90 Å². The highest BCUT2D eigenvalue weighted by Crippen LogP contribution is 2.50. The van der Waals surface area contributed by atoms with E-state index < -0.39 is 0 Å². The summed E-state index contributed by atoms with van der Waals surface area (Å²) in [6.07, 6.45) is 1.91. The lowest BCUT2D eigenvalue weighted by Crippen LogP contribution is -2.30. The van der Waals surface area contributed by atoms with Crippen LogP contribution < -0.4 is 4.90 Å². The highest BCUT2D eigenvalue weighted by molar-refractivity contribution is 8.19. The summed E-state index contributed by atoms with van der Waals surface area (Å²) < 4.78 is 0. The number of fused-ring (bicyclic) bond motifs is 1. The first-order valence-corrected chi connectivity index (χ1v) is 11.1. The van der Waals surface area contributed by atoms with Crippen molar-refractivity contribution in [1.82, 2.24) is 4.90 Å². The van der Waals surface area contributed by atoms with Gasteiger partial charge in [-0.1, -0.05) is 43.3 Å². The number of benzene rings is 2. The number of carbonyl (C=O) groups excluding carboxylic acids is 1. The highest BCUT2D eigenvalue weighted by Gasteiger charge is 2.38. The molecule has 146 valence electrons. The van der Waals surface area contributed by atoms with Gasteiger partial charge in [-0.15, -0.1) is 0 Å². The number of aliphatic imine (C=N–C) groups is 1. The van der Waals surface area contributed by atoms with Crippen LogP contribution in [0.25, 0.3) is 0 Å². The van der Waals surface area contributed by atoms with Crippen molar-refractivity contribution < 1.29 is 4.79 Å². The molecule has 0 spiro atoms. The number of unbranched alkanes of at least 4 members (excludes halogenated alkanes) is 1. The summed E-state index contributed by atoms with van der Waals surface area (Å²) in [5.74, 6) is 0.000735. The number of nitriles is 1. The molecule has 2 aromatic rings. The lowest BCUT2D eigenvalue weighted by Gasteiger charge is -2.16. The van der Waals surface area contributed by atoms with Gasteiger partial charge in [-0.25, -0.2) is 4.99 Å². The van der Waals surface area contributed by atoms with Crippen LogP contribution in [-0.4, -0.2) is 29.6 Å². The Hall–Kier alpha value is -2.69. The Morgan fingerprint density at radius 3 is 2.72 bits per heavy atom. The van der Waals surface area contributed by atoms with E-state index in [0.29, 0.717) is 27.9 Å². The third-order valence-electron chi connectivity index (χ3n) is 4.73. The van der Waals surface area contributed by atoms with Crippen LogP contribution in [0.2, 0.25) is 0 Å². The molecule has 29 heavy (non-hydrogen) atoms. The van der Waals surface area contributed by atoms with E-state index in [-0.39, 0.29) is 5.91 Å². The molecule has 2 heterocycles. The summed E-state index contributed by atoms with van der Waals surface area (Å²) in [6, 6.07) is 17.5. The van der Waals surface area contributed by atoms with Crippen LogP contribution in [0.4, 0.5) is 11.4 Å². The zero-order valence-electron chi connectivity index (χ0n) is 16.3. The Labute approximate surface area is 179 Å². The lowest BCUT2D eigenvalue weighted by atomic mass is 10.2. The number of nitrogens with zero attached hydrogens (tertiary/aromatic N) is 4. The third-order valence-corrected chi connectivity index (χ3v) is 7.16. The Morgan fingerprint density at radius 2 is 1.97 bits per heavy atom. The number of carbonyl (C=O) groups is 1. The van der Waals surface area contributed by atoms with Crippen molar-refractivity contribution in [1.29, 1.82) is 5.26 Å². The predicted octanol–water partition coefficient (Wildman–Crippen LogP) is 5.33. The molecule has 1 fully saturated rings. The van der Waals surface area contributed by atoms with Gasteiger partial charge in [0, 0.05) is 18.5 Å². The van der Waals surface area contributed by atoms with Crippen LogP contribution in [0.15, 0.2) is 68.4 Å². The largest absolute Gasteiger partial charge is 0.337 e. The Balaban J connectivity index is 1.72. The summed E-state index contributed by atoms with van der Waals surface area (Å²) in [7, 11) is 2.00. The predicted molar refractivity (Wildman–Crippen MR) is 120 cm³/mol. The molecule has 2 aliphatic rings. The van der Waals surface area contributed by atoms with Crippen molar-refractivity contribution in [2.45, 2.75) is 24.7 Å². The van der Waals surface area contributed by atoms with Crippen LogP contribution in [0, 0.1) is 11.3 Å². The van der Waals surface area contributed by atoms with Crippen molar-refractivity contribution in [3.05, 3.63) is 64.0 Å². The number of amidine groups is 1. The minimum Gasteiger partial charge on any atom is -0.337 e. The number of para-hydroxylation sites is 1. The van der Waals surface area contributed by atoms with E-state index in [9.17, 15) is 4.79 Å². The van der Waals surface area contributed by atoms with Crippen LogP contribution in [0.1, 0.15) is 25.3 Å². The first-order valence-electron chi connectivity index (χ1n) is 9.46.